The fourth-order valence-electron chi connectivity index (χ4n) is 8.38. The molecule has 0 spiro atoms. The molecule has 2 bridgehead atoms. The van der Waals surface area contributed by atoms with Crippen molar-refractivity contribution in [3.8, 4) is 0 Å². The van der Waals surface area contributed by atoms with Crippen LogP contribution >= 0.6 is 0 Å². The molecule has 3 aliphatic heterocycles. The van der Waals surface area contributed by atoms with Crippen LogP contribution in [0.15, 0.2) is 24.3 Å². The Morgan fingerprint density at radius 2 is 1.67 bits per heavy atom. The summed E-state index contributed by atoms with van der Waals surface area (Å²) in [5.41, 5.74) is 0.0325. The Balaban J connectivity index is 1.32. The van der Waals surface area contributed by atoms with Gasteiger partial charge in [-0.05, 0) is 102 Å². The molecule has 42 heavy (non-hydrogen) atoms. The van der Waals surface area contributed by atoms with E-state index in [4.69, 9.17) is 0 Å². The Morgan fingerprint density at radius 1 is 1.00 bits per heavy atom. The summed E-state index contributed by atoms with van der Waals surface area (Å²) in [6.07, 6.45) is 10.3. The van der Waals surface area contributed by atoms with E-state index in [1.165, 1.54) is 18.6 Å². The van der Waals surface area contributed by atoms with Crippen LogP contribution in [0.25, 0.3) is 0 Å². The highest BCUT2D eigenvalue weighted by atomic mass is 19.1. The van der Waals surface area contributed by atoms with E-state index in [1.54, 1.807) is 12.1 Å². The fraction of sp³-hybridized carbons (Fsp3) is 0.735. The maximum absolute atomic E-state index is 14.1. The molecule has 0 radical (unpaired) electrons. The summed E-state index contributed by atoms with van der Waals surface area (Å²) in [5, 5.41) is 6.44. The topological polar surface area (TPSA) is 81.8 Å². The first-order chi connectivity index (χ1) is 19.9. The predicted molar refractivity (Wildman–Crippen MR) is 162 cm³/mol. The molecule has 0 aromatic heterocycles. The Kier molecular flexibility index (Phi) is 9.31. The number of hydrogen-bond acceptors (Lipinski definition) is 4. The van der Waals surface area contributed by atoms with Crippen molar-refractivity contribution in [3.05, 3.63) is 35.6 Å². The molecule has 2 saturated carbocycles. The lowest BCUT2D eigenvalue weighted by atomic mass is 9.63. The minimum atomic E-state index is -0.723. The normalized spacial score (nSPS) is 27.4. The van der Waals surface area contributed by atoms with E-state index in [-0.39, 0.29) is 41.0 Å². The fourth-order valence-corrected chi connectivity index (χ4v) is 8.38. The van der Waals surface area contributed by atoms with Gasteiger partial charge in [-0.1, -0.05) is 31.4 Å². The average molecular weight is 583 g/mol. The van der Waals surface area contributed by atoms with Gasteiger partial charge in [0.2, 0.25) is 17.7 Å². The van der Waals surface area contributed by atoms with Crippen LogP contribution in [-0.4, -0.2) is 71.8 Å². The number of carbonyl (C=O) groups is 3. The number of nitrogens with zero attached hydrogens (tertiary/aromatic N) is 2. The number of carbonyl (C=O) groups excluding carboxylic acids is 3. The Labute approximate surface area is 251 Å². The van der Waals surface area contributed by atoms with Crippen molar-refractivity contribution in [1.29, 1.82) is 0 Å². The smallest absolute Gasteiger partial charge is 0.245 e. The van der Waals surface area contributed by atoms with Crippen LogP contribution in [0.4, 0.5) is 4.39 Å². The molecule has 232 valence electrons. The monoisotopic (exact) mass is 582 g/mol. The first-order valence-electron chi connectivity index (χ1n) is 16.3. The molecule has 3 heterocycles. The molecule has 5 fully saturated rings. The van der Waals surface area contributed by atoms with Gasteiger partial charge in [-0.3, -0.25) is 14.4 Å². The number of likely N-dealkylation sites (tertiary alicyclic amines) is 1. The minimum absolute atomic E-state index is 0.0465. The third kappa shape index (κ3) is 6.84. The lowest BCUT2D eigenvalue weighted by molar-refractivity contribution is -0.148. The second-order valence-corrected chi connectivity index (χ2v) is 14.7. The second kappa shape index (κ2) is 12.6. The molecule has 6 rings (SSSR count). The van der Waals surface area contributed by atoms with Crippen LogP contribution in [-0.2, 0) is 20.8 Å². The summed E-state index contributed by atoms with van der Waals surface area (Å²) >= 11 is 0. The highest BCUT2D eigenvalue weighted by Crippen LogP contribution is 2.46. The molecule has 1 aromatic rings. The maximum atomic E-state index is 14.1. The van der Waals surface area contributed by atoms with Crippen LogP contribution < -0.4 is 10.6 Å². The number of nitrogens with one attached hydrogen (secondary N) is 2. The molecular formula is C34H51FN4O3. The van der Waals surface area contributed by atoms with Crippen molar-refractivity contribution < 1.29 is 18.8 Å². The van der Waals surface area contributed by atoms with Crippen LogP contribution in [0.1, 0.15) is 90.5 Å². The summed E-state index contributed by atoms with van der Waals surface area (Å²) in [6, 6.07) is 5.68. The minimum Gasteiger partial charge on any atom is -0.351 e. The zero-order valence-electron chi connectivity index (χ0n) is 26.1. The van der Waals surface area contributed by atoms with Gasteiger partial charge in [0.1, 0.15) is 11.9 Å². The Bertz CT molecular complexity index is 1120. The lowest BCUT2D eigenvalue weighted by Crippen LogP contribution is -2.60. The number of amides is 3. The van der Waals surface area contributed by atoms with Gasteiger partial charge in [0.05, 0.1) is 11.3 Å². The van der Waals surface area contributed by atoms with Crippen LogP contribution in [0.5, 0.6) is 0 Å². The number of halogens is 1. The molecule has 7 nitrogen and oxygen atoms in total. The highest BCUT2D eigenvalue weighted by molar-refractivity contribution is 5.90. The SMILES string of the molecule is CN1C[C@@H]2CC[C@H]1[C@@H](C(=O)N[C@H](Cc1ccc(F)cc1)C(=O)N1CCC(C(=O)NC(C)(C)C)(C3CCCCC3)CC1)C2. The van der Waals surface area contributed by atoms with Gasteiger partial charge in [-0.25, -0.2) is 4.39 Å². The summed E-state index contributed by atoms with van der Waals surface area (Å²) in [6.45, 7) is 8.11. The predicted octanol–water partition coefficient (Wildman–Crippen LogP) is 4.69. The molecule has 1 aromatic carbocycles. The third-order valence-electron chi connectivity index (χ3n) is 10.6. The number of hydrogen-bond donors (Lipinski definition) is 2. The molecule has 5 aliphatic rings. The van der Waals surface area contributed by atoms with Crippen molar-refractivity contribution in [3.63, 3.8) is 0 Å². The molecule has 8 heteroatoms. The molecule has 2 aliphatic carbocycles. The van der Waals surface area contributed by atoms with E-state index in [0.29, 0.717) is 44.2 Å². The standard InChI is InChI=1S/C34H51FN4O3/c1-33(2,3)37-32(42)34(25-8-6-5-7-9-25)16-18-39(19-17-34)31(41)28(21-23-10-13-26(35)14-11-23)36-30(40)27-20-24-12-15-29(27)38(4)22-24/h10-11,13-14,24-25,27-29H,5-9,12,15-22H2,1-4H3,(H,36,40)(H,37,42)/t24-,27+,28-,29+/m1/s1. The molecule has 0 unspecified atom stereocenters. The summed E-state index contributed by atoms with van der Waals surface area (Å²) in [7, 11) is 2.10. The number of benzene rings is 1. The molecule has 4 atom stereocenters. The number of rotatable bonds is 7. The van der Waals surface area contributed by atoms with Gasteiger partial charge >= 0.3 is 0 Å². The third-order valence-corrected chi connectivity index (χ3v) is 10.6. The highest BCUT2D eigenvalue weighted by Gasteiger charge is 2.49. The average Bonchev–Trinajstić information content (AvgIpc) is 2.97. The first kappa shape index (κ1) is 31.0. The van der Waals surface area contributed by atoms with Crippen LogP contribution in [0, 0.1) is 29.0 Å². The maximum Gasteiger partial charge on any atom is 0.245 e. The quantitative estimate of drug-likeness (QED) is 0.489. The van der Waals surface area contributed by atoms with E-state index in [0.717, 1.165) is 57.1 Å². The molecular weight excluding hydrogens is 531 g/mol. The summed E-state index contributed by atoms with van der Waals surface area (Å²) < 4.78 is 13.7. The zero-order valence-corrected chi connectivity index (χ0v) is 26.1. The largest absolute Gasteiger partial charge is 0.351 e. The van der Waals surface area contributed by atoms with Crippen molar-refractivity contribution in [2.45, 2.75) is 109 Å². The summed E-state index contributed by atoms with van der Waals surface area (Å²) in [4.78, 5) is 45.8. The Morgan fingerprint density at radius 3 is 2.26 bits per heavy atom. The van der Waals surface area contributed by atoms with Crippen molar-refractivity contribution >= 4 is 17.7 Å². The zero-order chi connectivity index (χ0) is 30.1. The van der Waals surface area contributed by atoms with Gasteiger partial charge in [0, 0.05) is 37.6 Å². The van der Waals surface area contributed by atoms with E-state index < -0.39 is 11.5 Å². The van der Waals surface area contributed by atoms with Crippen molar-refractivity contribution in [1.82, 2.24) is 20.4 Å². The van der Waals surface area contributed by atoms with E-state index in [2.05, 4.69) is 22.6 Å². The van der Waals surface area contributed by atoms with E-state index >= 15 is 0 Å². The Hall–Kier alpha value is -2.48. The van der Waals surface area contributed by atoms with Crippen LogP contribution in [0.2, 0.25) is 0 Å². The van der Waals surface area contributed by atoms with E-state index in [9.17, 15) is 18.8 Å². The van der Waals surface area contributed by atoms with Gasteiger partial charge in [-0.2, -0.15) is 0 Å². The van der Waals surface area contributed by atoms with E-state index in [1.807, 2.05) is 25.7 Å². The summed E-state index contributed by atoms with van der Waals surface area (Å²) in [5.74, 6) is 0.394. The van der Waals surface area contributed by atoms with Crippen molar-refractivity contribution in [2.75, 3.05) is 26.7 Å². The molecule has 2 N–H and O–H groups in total. The van der Waals surface area contributed by atoms with Gasteiger partial charge in [0.25, 0.3) is 0 Å². The lowest BCUT2D eigenvalue weighted by Gasteiger charge is -2.48. The van der Waals surface area contributed by atoms with Crippen LogP contribution in [0.3, 0.4) is 0 Å². The second-order valence-electron chi connectivity index (χ2n) is 14.7. The number of piperidine rings is 3. The number of fused-ring (bicyclic) bond motifs is 3. The molecule has 3 amide bonds. The van der Waals surface area contributed by atoms with Gasteiger partial charge in [0.15, 0.2) is 0 Å². The van der Waals surface area contributed by atoms with Gasteiger partial charge < -0.3 is 20.4 Å². The van der Waals surface area contributed by atoms with Crippen molar-refractivity contribution in [2.24, 2.45) is 23.2 Å². The molecule has 3 saturated heterocycles. The first-order valence-corrected chi connectivity index (χ1v) is 16.3. The van der Waals surface area contributed by atoms with Gasteiger partial charge in [-0.15, -0.1) is 0 Å².